The summed E-state index contributed by atoms with van der Waals surface area (Å²) in [5.41, 5.74) is 1.23. The Labute approximate surface area is 122 Å². The van der Waals surface area contributed by atoms with Gasteiger partial charge in [0.2, 0.25) is 5.91 Å². The molecule has 0 aromatic heterocycles. The van der Waals surface area contributed by atoms with E-state index in [0.29, 0.717) is 6.54 Å². The van der Waals surface area contributed by atoms with Crippen molar-refractivity contribution in [3.8, 4) is 0 Å². The van der Waals surface area contributed by atoms with Crippen LogP contribution in [0.15, 0.2) is 30.3 Å². The third-order valence-electron chi connectivity index (χ3n) is 3.18. The van der Waals surface area contributed by atoms with Gasteiger partial charge in [0.25, 0.3) is 0 Å². The summed E-state index contributed by atoms with van der Waals surface area (Å²) in [6.07, 6.45) is 3.18. The van der Waals surface area contributed by atoms with Gasteiger partial charge in [-0.3, -0.25) is 4.79 Å². The summed E-state index contributed by atoms with van der Waals surface area (Å²) >= 11 is 0. The van der Waals surface area contributed by atoms with E-state index in [1.807, 2.05) is 18.2 Å². The van der Waals surface area contributed by atoms with Crippen LogP contribution in [0, 0.1) is 0 Å². The monoisotopic (exact) mass is 277 g/mol. The highest BCUT2D eigenvalue weighted by Crippen LogP contribution is 2.10. The molecule has 0 heterocycles. The van der Waals surface area contributed by atoms with E-state index < -0.39 is 0 Å². The zero-order chi connectivity index (χ0) is 14.6. The lowest BCUT2D eigenvalue weighted by molar-refractivity contribution is -0.120. The van der Waals surface area contributed by atoms with Gasteiger partial charge < -0.3 is 15.5 Å². The maximum Gasteiger partial charge on any atom is 0.233 e. The second kappa shape index (κ2) is 10.3. The van der Waals surface area contributed by atoms with Crippen molar-refractivity contribution in [1.82, 2.24) is 10.6 Å². The van der Waals surface area contributed by atoms with Gasteiger partial charge in [-0.1, -0.05) is 31.5 Å². The normalized spacial score (nSPS) is 10.3. The average Bonchev–Trinajstić information content (AvgIpc) is 2.48. The van der Waals surface area contributed by atoms with Crippen molar-refractivity contribution in [2.24, 2.45) is 0 Å². The van der Waals surface area contributed by atoms with Gasteiger partial charge in [0.1, 0.15) is 0 Å². The van der Waals surface area contributed by atoms with Crippen molar-refractivity contribution >= 4 is 11.6 Å². The van der Waals surface area contributed by atoms with Gasteiger partial charge in [-0.2, -0.15) is 0 Å². The smallest absolute Gasteiger partial charge is 0.233 e. The van der Waals surface area contributed by atoms with Gasteiger partial charge >= 0.3 is 0 Å². The van der Waals surface area contributed by atoms with E-state index in [-0.39, 0.29) is 5.91 Å². The molecule has 0 atom stereocenters. The van der Waals surface area contributed by atoms with Crippen molar-refractivity contribution in [3.63, 3.8) is 0 Å². The Kier molecular flexibility index (Phi) is 8.47. The minimum atomic E-state index is 0.0925. The highest BCUT2D eigenvalue weighted by Gasteiger charge is 2.01. The van der Waals surface area contributed by atoms with Crippen molar-refractivity contribution in [2.75, 3.05) is 38.1 Å². The number of nitrogens with zero attached hydrogens (tertiary/aromatic N) is 1. The molecule has 0 unspecified atom stereocenters. The maximum absolute atomic E-state index is 11.5. The van der Waals surface area contributed by atoms with Gasteiger partial charge in [-0.05, 0) is 31.5 Å². The maximum atomic E-state index is 11.5. The topological polar surface area (TPSA) is 44.4 Å². The molecule has 0 fully saturated rings. The Hall–Kier alpha value is -1.55. The summed E-state index contributed by atoms with van der Waals surface area (Å²) in [5.74, 6) is 0.0925. The highest BCUT2D eigenvalue weighted by atomic mass is 16.1. The molecule has 1 aromatic carbocycles. The number of rotatable bonds is 10. The zero-order valence-corrected chi connectivity index (χ0v) is 12.7. The fourth-order valence-electron chi connectivity index (χ4n) is 1.92. The van der Waals surface area contributed by atoms with Gasteiger partial charge in [0.05, 0.1) is 6.54 Å². The van der Waals surface area contributed by atoms with Crippen LogP contribution in [0.5, 0.6) is 0 Å². The van der Waals surface area contributed by atoms with Crippen LogP contribution < -0.4 is 15.5 Å². The molecule has 0 radical (unpaired) electrons. The summed E-state index contributed by atoms with van der Waals surface area (Å²) < 4.78 is 0. The van der Waals surface area contributed by atoms with E-state index >= 15 is 0 Å². The second-order valence-electron chi connectivity index (χ2n) is 4.99. The first-order chi connectivity index (χ1) is 9.74. The van der Waals surface area contributed by atoms with E-state index in [2.05, 4.69) is 41.6 Å². The third kappa shape index (κ3) is 7.14. The van der Waals surface area contributed by atoms with E-state index in [4.69, 9.17) is 0 Å². The second-order valence-corrected chi connectivity index (χ2v) is 4.99. The standard InChI is InChI=1S/C16H27N3O/c1-3-4-12-18-16(20)14-17-11-8-13-19(2)15-9-6-5-7-10-15/h5-7,9-10,17H,3-4,8,11-14H2,1-2H3,(H,18,20). The van der Waals surface area contributed by atoms with Crippen LogP contribution in [-0.4, -0.2) is 39.1 Å². The number of amides is 1. The van der Waals surface area contributed by atoms with E-state index in [0.717, 1.165) is 38.9 Å². The molecule has 4 nitrogen and oxygen atoms in total. The Morgan fingerprint density at radius 2 is 1.90 bits per heavy atom. The molecule has 112 valence electrons. The number of nitrogens with one attached hydrogen (secondary N) is 2. The van der Waals surface area contributed by atoms with Crippen molar-refractivity contribution in [1.29, 1.82) is 0 Å². The van der Waals surface area contributed by atoms with Gasteiger partial charge in [-0.15, -0.1) is 0 Å². The molecule has 20 heavy (non-hydrogen) atoms. The van der Waals surface area contributed by atoms with Crippen LogP contribution >= 0.6 is 0 Å². The SMILES string of the molecule is CCCCNC(=O)CNCCCN(C)c1ccccc1. The third-order valence-corrected chi connectivity index (χ3v) is 3.18. The Morgan fingerprint density at radius 3 is 2.60 bits per heavy atom. The molecule has 1 aromatic rings. The molecule has 0 saturated carbocycles. The van der Waals surface area contributed by atoms with E-state index in [9.17, 15) is 4.79 Å². The molecule has 0 bridgehead atoms. The first kappa shape index (κ1) is 16.5. The molecule has 0 spiro atoms. The molecule has 0 aliphatic heterocycles. The van der Waals surface area contributed by atoms with Crippen molar-refractivity contribution in [3.05, 3.63) is 30.3 Å². The van der Waals surface area contributed by atoms with Crippen LogP contribution in [-0.2, 0) is 4.79 Å². The fourth-order valence-corrected chi connectivity index (χ4v) is 1.92. The molecule has 0 aliphatic carbocycles. The van der Waals surface area contributed by atoms with Crippen LogP contribution in [0.2, 0.25) is 0 Å². The van der Waals surface area contributed by atoms with Crippen LogP contribution in [0.25, 0.3) is 0 Å². The molecule has 2 N–H and O–H groups in total. The van der Waals surface area contributed by atoms with Crippen LogP contribution in [0.4, 0.5) is 5.69 Å². The number of carbonyl (C=O) groups is 1. The number of unbranched alkanes of at least 4 members (excludes halogenated alkanes) is 1. The predicted molar refractivity (Wildman–Crippen MR) is 85.1 cm³/mol. The minimum Gasteiger partial charge on any atom is -0.375 e. The summed E-state index contributed by atoms with van der Waals surface area (Å²) in [7, 11) is 2.09. The largest absolute Gasteiger partial charge is 0.375 e. The Morgan fingerprint density at radius 1 is 1.15 bits per heavy atom. The molecule has 1 rings (SSSR count). The lowest BCUT2D eigenvalue weighted by Gasteiger charge is -2.19. The molecule has 0 saturated heterocycles. The lowest BCUT2D eigenvalue weighted by atomic mass is 10.3. The van der Waals surface area contributed by atoms with Crippen molar-refractivity contribution < 1.29 is 4.79 Å². The average molecular weight is 277 g/mol. The lowest BCUT2D eigenvalue weighted by Crippen LogP contribution is -2.35. The van der Waals surface area contributed by atoms with Gasteiger partial charge in [0.15, 0.2) is 0 Å². The number of hydrogen-bond acceptors (Lipinski definition) is 3. The van der Waals surface area contributed by atoms with Gasteiger partial charge in [0, 0.05) is 25.8 Å². The number of benzene rings is 1. The first-order valence-corrected chi connectivity index (χ1v) is 7.47. The van der Waals surface area contributed by atoms with Crippen molar-refractivity contribution in [2.45, 2.75) is 26.2 Å². The fraction of sp³-hybridized carbons (Fsp3) is 0.562. The molecule has 1 amide bonds. The number of anilines is 1. The number of carbonyl (C=O) groups excluding carboxylic acids is 1. The highest BCUT2D eigenvalue weighted by molar-refractivity contribution is 5.77. The molecule has 0 aliphatic rings. The summed E-state index contributed by atoms with van der Waals surface area (Å²) in [6.45, 7) is 5.16. The summed E-state index contributed by atoms with van der Waals surface area (Å²) in [6, 6.07) is 10.3. The molecular formula is C16H27N3O. The molecule has 4 heteroatoms. The van der Waals surface area contributed by atoms with E-state index in [1.165, 1.54) is 5.69 Å². The Balaban J connectivity index is 2.03. The van der Waals surface area contributed by atoms with Crippen LogP contribution in [0.1, 0.15) is 26.2 Å². The predicted octanol–water partition coefficient (Wildman–Crippen LogP) is 2.02. The molecular weight excluding hydrogens is 250 g/mol. The first-order valence-electron chi connectivity index (χ1n) is 7.47. The van der Waals surface area contributed by atoms with Crippen LogP contribution in [0.3, 0.4) is 0 Å². The minimum absolute atomic E-state index is 0.0925. The zero-order valence-electron chi connectivity index (χ0n) is 12.7. The summed E-state index contributed by atoms with van der Waals surface area (Å²) in [5, 5.41) is 6.08. The van der Waals surface area contributed by atoms with Gasteiger partial charge in [-0.25, -0.2) is 0 Å². The Bertz CT molecular complexity index is 367. The quantitative estimate of drug-likeness (QED) is 0.643. The summed E-state index contributed by atoms with van der Waals surface area (Å²) in [4.78, 5) is 13.7. The number of hydrogen-bond donors (Lipinski definition) is 2. The van der Waals surface area contributed by atoms with E-state index in [1.54, 1.807) is 0 Å². The number of para-hydroxylation sites is 1.